The summed E-state index contributed by atoms with van der Waals surface area (Å²) in [4.78, 5) is 27.3. The Balaban J connectivity index is 1.78. The molecular formula is C26H32N4O4S. The second-order valence-corrected chi connectivity index (χ2v) is 8.94. The molecule has 0 unspecified atom stereocenters. The molecule has 0 spiro atoms. The Morgan fingerprint density at radius 2 is 1.77 bits per heavy atom. The van der Waals surface area contributed by atoms with Crippen molar-refractivity contribution in [1.29, 1.82) is 0 Å². The van der Waals surface area contributed by atoms with Crippen LogP contribution < -0.4 is 16.0 Å². The molecule has 0 fully saturated rings. The van der Waals surface area contributed by atoms with E-state index in [2.05, 4.69) is 29.8 Å². The molecule has 0 saturated heterocycles. The normalized spacial score (nSPS) is 15.7. The van der Waals surface area contributed by atoms with Gasteiger partial charge in [0.05, 0.1) is 18.2 Å². The molecule has 9 heteroatoms. The van der Waals surface area contributed by atoms with Crippen LogP contribution in [0.1, 0.15) is 43.9 Å². The number of hydrogen-bond acceptors (Lipinski definition) is 5. The summed E-state index contributed by atoms with van der Waals surface area (Å²) in [5.74, 6) is -0.0335. The summed E-state index contributed by atoms with van der Waals surface area (Å²) in [6, 6.07) is 14.1. The Bertz CT molecular complexity index is 1110. The van der Waals surface area contributed by atoms with Gasteiger partial charge in [-0.1, -0.05) is 38.1 Å². The van der Waals surface area contributed by atoms with E-state index in [9.17, 15) is 9.59 Å². The van der Waals surface area contributed by atoms with E-state index in [1.54, 1.807) is 25.1 Å². The zero-order chi connectivity index (χ0) is 25.5. The Hall–Kier alpha value is -3.43. The third-order valence-corrected chi connectivity index (χ3v) is 6.20. The molecule has 8 nitrogen and oxygen atoms in total. The fourth-order valence-electron chi connectivity index (χ4n) is 3.69. The number of methoxy groups -OCH3 is 1. The van der Waals surface area contributed by atoms with Gasteiger partial charge in [-0.2, -0.15) is 0 Å². The van der Waals surface area contributed by atoms with E-state index < -0.39 is 12.0 Å². The van der Waals surface area contributed by atoms with Crippen molar-refractivity contribution in [3.05, 3.63) is 70.9 Å². The molecule has 3 N–H and O–H groups in total. The van der Waals surface area contributed by atoms with Crippen LogP contribution in [0.4, 0.5) is 16.2 Å². The number of allylic oxidation sites excluding steroid dienone is 1. The Morgan fingerprint density at radius 1 is 1.09 bits per heavy atom. The molecule has 0 saturated carbocycles. The van der Waals surface area contributed by atoms with E-state index in [0.29, 0.717) is 40.3 Å². The number of anilines is 2. The number of nitrogens with one attached hydrogen (secondary N) is 3. The minimum atomic E-state index is -0.526. The third kappa shape index (κ3) is 6.58. The van der Waals surface area contributed by atoms with Gasteiger partial charge in [0.15, 0.2) is 5.11 Å². The number of amides is 2. The lowest BCUT2D eigenvalue weighted by atomic mass is 9.95. The molecule has 0 bridgehead atoms. The lowest BCUT2D eigenvalue weighted by Gasteiger charge is -2.35. The Morgan fingerprint density at radius 3 is 2.43 bits per heavy atom. The number of hydrogen-bond donors (Lipinski definition) is 3. The van der Waals surface area contributed by atoms with Crippen LogP contribution in [0.5, 0.6) is 0 Å². The molecule has 1 heterocycles. The van der Waals surface area contributed by atoms with Crippen molar-refractivity contribution < 1.29 is 19.1 Å². The lowest BCUT2D eigenvalue weighted by Crippen LogP contribution is -2.46. The zero-order valence-corrected chi connectivity index (χ0v) is 21.5. The molecule has 3 rings (SSSR count). The average molecular weight is 497 g/mol. The number of rotatable bonds is 8. The number of benzene rings is 2. The van der Waals surface area contributed by atoms with Crippen LogP contribution in [-0.4, -0.2) is 49.4 Å². The third-order valence-electron chi connectivity index (χ3n) is 5.81. The molecular weight excluding hydrogens is 464 g/mol. The predicted octanol–water partition coefficient (Wildman–Crippen LogP) is 4.78. The number of esters is 1. The molecule has 2 amide bonds. The van der Waals surface area contributed by atoms with Crippen molar-refractivity contribution in [3.8, 4) is 0 Å². The monoisotopic (exact) mass is 496 g/mol. The first kappa shape index (κ1) is 26.2. The fraction of sp³-hybridized carbons (Fsp3) is 0.346. The first-order chi connectivity index (χ1) is 16.7. The summed E-state index contributed by atoms with van der Waals surface area (Å²) < 4.78 is 10.4. The standard InChI is InChI=1S/C26H32N4O4S/c1-16(2)18-9-11-20(12-10-18)27-25(32)28-21-8-6-7-19(15-21)23-22(24(31)34-14-13-33-5)17(3)30(4)26(35)29-23/h6-12,15-16,23H,13-14H2,1-5H3,(H,29,35)(H2,27,28,32)/t23-/m0/s1. The van der Waals surface area contributed by atoms with E-state index in [1.807, 2.05) is 49.4 Å². The second-order valence-electron chi connectivity index (χ2n) is 8.55. The van der Waals surface area contributed by atoms with Gasteiger partial charge in [0.1, 0.15) is 6.61 Å². The molecule has 1 aliphatic rings. The maximum atomic E-state index is 12.9. The van der Waals surface area contributed by atoms with E-state index in [1.165, 1.54) is 5.56 Å². The van der Waals surface area contributed by atoms with Gasteiger partial charge in [-0.3, -0.25) is 0 Å². The average Bonchev–Trinajstić information content (AvgIpc) is 2.82. The molecule has 186 valence electrons. The Kier molecular flexibility index (Phi) is 8.84. The largest absolute Gasteiger partial charge is 0.460 e. The van der Waals surface area contributed by atoms with Gasteiger partial charge in [0, 0.05) is 31.2 Å². The van der Waals surface area contributed by atoms with Crippen LogP contribution in [0.3, 0.4) is 0 Å². The summed E-state index contributed by atoms with van der Waals surface area (Å²) in [5.41, 5.74) is 4.39. The van der Waals surface area contributed by atoms with E-state index in [0.717, 1.165) is 5.56 Å². The van der Waals surface area contributed by atoms with E-state index in [4.69, 9.17) is 21.7 Å². The van der Waals surface area contributed by atoms with E-state index >= 15 is 0 Å². The molecule has 2 aromatic carbocycles. The fourth-order valence-corrected chi connectivity index (χ4v) is 3.94. The van der Waals surface area contributed by atoms with Crippen LogP contribution >= 0.6 is 12.2 Å². The van der Waals surface area contributed by atoms with Crippen molar-refractivity contribution in [2.45, 2.75) is 32.7 Å². The number of thiocarbonyl (C=S) groups is 1. The molecule has 35 heavy (non-hydrogen) atoms. The summed E-state index contributed by atoms with van der Waals surface area (Å²) in [5, 5.41) is 9.39. The SMILES string of the molecule is COCCOC(=O)C1=C(C)N(C)C(=S)N[C@H]1c1cccc(NC(=O)Nc2ccc(C(C)C)cc2)c1. The van der Waals surface area contributed by atoms with Gasteiger partial charge in [-0.15, -0.1) is 0 Å². The molecule has 1 aliphatic heterocycles. The van der Waals surface area contributed by atoms with Crippen LogP contribution in [0, 0.1) is 0 Å². The molecule has 0 aliphatic carbocycles. The minimum Gasteiger partial charge on any atom is -0.460 e. The predicted molar refractivity (Wildman–Crippen MR) is 141 cm³/mol. The highest BCUT2D eigenvalue weighted by molar-refractivity contribution is 7.80. The highest BCUT2D eigenvalue weighted by Gasteiger charge is 2.33. The van der Waals surface area contributed by atoms with Crippen molar-refractivity contribution in [2.75, 3.05) is 38.0 Å². The van der Waals surface area contributed by atoms with Gasteiger partial charge < -0.3 is 30.3 Å². The number of carbonyl (C=O) groups excluding carboxylic acids is 2. The summed E-state index contributed by atoms with van der Waals surface area (Å²) in [6.45, 7) is 6.52. The summed E-state index contributed by atoms with van der Waals surface area (Å²) in [7, 11) is 3.34. The highest BCUT2D eigenvalue weighted by Crippen LogP contribution is 2.32. The number of urea groups is 1. The van der Waals surface area contributed by atoms with Crippen molar-refractivity contribution in [3.63, 3.8) is 0 Å². The number of nitrogens with zero attached hydrogens (tertiary/aromatic N) is 1. The second kappa shape index (κ2) is 11.8. The highest BCUT2D eigenvalue weighted by atomic mass is 32.1. The van der Waals surface area contributed by atoms with Gasteiger partial charge in [0.2, 0.25) is 0 Å². The van der Waals surface area contributed by atoms with Crippen LogP contribution in [0.2, 0.25) is 0 Å². The maximum absolute atomic E-state index is 12.9. The smallest absolute Gasteiger partial charge is 0.338 e. The number of carbonyl (C=O) groups is 2. The van der Waals surface area contributed by atoms with Gasteiger partial charge in [-0.25, -0.2) is 9.59 Å². The van der Waals surface area contributed by atoms with Crippen LogP contribution in [0.25, 0.3) is 0 Å². The van der Waals surface area contributed by atoms with Crippen molar-refractivity contribution in [1.82, 2.24) is 10.2 Å². The van der Waals surface area contributed by atoms with Gasteiger partial charge in [0.25, 0.3) is 0 Å². The molecule has 0 radical (unpaired) electrons. The van der Waals surface area contributed by atoms with Crippen LogP contribution in [-0.2, 0) is 14.3 Å². The molecule has 1 atom stereocenters. The quantitative estimate of drug-likeness (QED) is 0.275. The van der Waals surface area contributed by atoms with Gasteiger partial charge in [-0.05, 0) is 60.5 Å². The molecule has 2 aromatic rings. The Labute approximate surface area is 211 Å². The zero-order valence-electron chi connectivity index (χ0n) is 20.7. The topological polar surface area (TPSA) is 91.9 Å². The summed E-state index contributed by atoms with van der Waals surface area (Å²) in [6.07, 6.45) is 0. The lowest BCUT2D eigenvalue weighted by molar-refractivity contribution is -0.140. The van der Waals surface area contributed by atoms with Gasteiger partial charge >= 0.3 is 12.0 Å². The minimum absolute atomic E-state index is 0.146. The first-order valence-electron chi connectivity index (χ1n) is 11.4. The van der Waals surface area contributed by atoms with Crippen LogP contribution in [0.15, 0.2) is 59.8 Å². The molecule has 0 aromatic heterocycles. The summed E-state index contributed by atoms with van der Waals surface area (Å²) >= 11 is 5.46. The van der Waals surface area contributed by atoms with E-state index in [-0.39, 0.29) is 12.6 Å². The first-order valence-corrected chi connectivity index (χ1v) is 11.8. The van der Waals surface area contributed by atoms with Crippen molar-refractivity contribution in [2.24, 2.45) is 0 Å². The van der Waals surface area contributed by atoms with Crippen molar-refractivity contribution >= 4 is 40.7 Å². The maximum Gasteiger partial charge on any atom is 0.338 e. The number of ether oxygens (including phenoxy) is 2.